The Kier molecular flexibility index (Phi) is 5.11. The summed E-state index contributed by atoms with van der Waals surface area (Å²) in [7, 11) is 5.80. The van der Waals surface area contributed by atoms with Gasteiger partial charge in [0.25, 0.3) is 0 Å². The molecule has 0 saturated carbocycles. The highest BCUT2D eigenvalue weighted by Gasteiger charge is 2.15. The Morgan fingerprint density at radius 2 is 1.95 bits per heavy atom. The zero-order valence-corrected chi connectivity index (χ0v) is 13.0. The van der Waals surface area contributed by atoms with E-state index in [1.165, 1.54) is 5.56 Å². The number of hydrogen-bond acceptors (Lipinski definition) is 5. The van der Waals surface area contributed by atoms with E-state index in [2.05, 4.69) is 46.4 Å². The molecule has 5 nitrogen and oxygen atoms in total. The molecule has 112 valence electrons. The van der Waals surface area contributed by atoms with E-state index in [4.69, 9.17) is 4.74 Å². The number of aromatic nitrogens is 2. The molecule has 2 rings (SSSR count). The van der Waals surface area contributed by atoms with Gasteiger partial charge >= 0.3 is 0 Å². The van der Waals surface area contributed by atoms with Crippen molar-refractivity contribution >= 4 is 5.95 Å². The third-order valence-electron chi connectivity index (χ3n) is 3.34. The van der Waals surface area contributed by atoms with Crippen LogP contribution in [0.5, 0.6) is 5.75 Å². The third kappa shape index (κ3) is 4.16. The Hall–Kier alpha value is -2.14. The molecule has 0 aliphatic heterocycles. The van der Waals surface area contributed by atoms with Crippen LogP contribution in [0, 0.1) is 6.92 Å². The molecule has 0 fully saturated rings. The largest absolute Gasteiger partial charge is 0.497 e. The highest BCUT2D eigenvalue weighted by molar-refractivity contribution is 5.32. The molecule has 0 saturated heterocycles. The summed E-state index contributed by atoms with van der Waals surface area (Å²) in [5.41, 5.74) is 2.25. The van der Waals surface area contributed by atoms with Crippen LogP contribution in [0.15, 0.2) is 36.7 Å². The van der Waals surface area contributed by atoms with Gasteiger partial charge in [-0.1, -0.05) is 12.1 Å². The highest BCUT2D eigenvalue weighted by atomic mass is 16.5. The minimum atomic E-state index is 0.213. The fraction of sp³-hybridized carbons (Fsp3) is 0.375. The van der Waals surface area contributed by atoms with Gasteiger partial charge in [0.2, 0.25) is 5.95 Å². The average Bonchev–Trinajstić information content (AvgIpc) is 2.49. The monoisotopic (exact) mass is 286 g/mol. The zero-order valence-electron chi connectivity index (χ0n) is 13.0. The van der Waals surface area contributed by atoms with Gasteiger partial charge in [0.1, 0.15) is 5.75 Å². The first kappa shape index (κ1) is 15.3. The SMILES string of the molecule is COc1cccc(C(CNc2ncc(C)cn2)N(C)C)c1. The fourth-order valence-electron chi connectivity index (χ4n) is 2.12. The van der Waals surface area contributed by atoms with E-state index in [0.29, 0.717) is 5.95 Å². The van der Waals surface area contributed by atoms with Crippen molar-refractivity contribution in [3.05, 3.63) is 47.8 Å². The molecule has 1 heterocycles. The number of anilines is 1. The minimum Gasteiger partial charge on any atom is -0.497 e. The van der Waals surface area contributed by atoms with Gasteiger partial charge in [-0.25, -0.2) is 9.97 Å². The van der Waals surface area contributed by atoms with Crippen molar-refractivity contribution in [3.63, 3.8) is 0 Å². The average molecular weight is 286 g/mol. The maximum atomic E-state index is 5.30. The van der Waals surface area contributed by atoms with Crippen LogP contribution in [0.2, 0.25) is 0 Å². The molecule has 0 radical (unpaired) electrons. The maximum Gasteiger partial charge on any atom is 0.222 e. The number of hydrogen-bond donors (Lipinski definition) is 1. The highest BCUT2D eigenvalue weighted by Crippen LogP contribution is 2.22. The Morgan fingerprint density at radius 3 is 2.57 bits per heavy atom. The van der Waals surface area contributed by atoms with Gasteiger partial charge in [-0.2, -0.15) is 0 Å². The lowest BCUT2D eigenvalue weighted by atomic mass is 10.1. The number of ether oxygens (including phenoxy) is 1. The first-order valence-corrected chi connectivity index (χ1v) is 6.93. The number of nitrogens with one attached hydrogen (secondary N) is 1. The fourth-order valence-corrected chi connectivity index (χ4v) is 2.12. The van der Waals surface area contributed by atoms with Crippen LogP contribution in [0.1, 0.15) is 17.2 Å². The van der Waals surface area contributed by atoms with E-state index in [0.717, 1.165) is 17.9 Å². The predicted molar refractivity (Wildman–Crippen MR) is 84.7 cm³/mol. The Labute approximate surface area is 126 Å². The molecule has 1 unspecified atom stereocenters. The summed E-state index contributed by atoms with van der Waals surface area (Å²) in [6.07, 6.45) is 3.62. The van der Waals surface area contributed by atoms with Gasteiger partial charge in [0.15, 0.2) is 0 Å². The van der Waals surface area contributed by atoms with Crippen LogP contribution in [0.25, 0.3) is 0 Å². The van der Waals surface area contributed by atoms with Gasteiger partial charge in [-0.05, 0) is 44.3 Å². The summed E-state index contributed by atoms with van der Waals surface area (Å²) in [4.78, 5) is 10.7. The number of nitrogens with zero attached hydrogens (tertiary/aromatic N) is 3. The first-order chi connectivity index (χ1) is 10.1. The summed E-state index contributed by atoms with van der Waals surface area (Å²) in [6, 6.07) is 8.33. The van der Waals surface area contributed by atoms with Gasteiger partial charge in [0, 0.05) is 18.9 Å². The molecule has 0 bridgehead atoms. The van der Waals surface area contributed by atoms with Gasteiger partial charge in [0.05, 0.1) is 13.2 Å². The normalized spacial score (nSPS) is 12.2. The smallest absolute Gasteiger partial charge is 0.222 e. The quantitative estimate of drug-likeness (QED) is 0.884. The molecule has 21 heavy (non-hydrogen) atoms. The lowest BCUT2D eigenvalue weighted by molar-refractivity contribution is 0.310. The molecular weight excluding hydrogens is 264 g/mol. The molecular formula is C16H22N4O. The van der Waals surface area contributed by atoms with E-state index in [9.17, 15) is 0 Å². The first-order valence-electron chi connectivity index (χ1n) is 6.93. The number of methoxy groups -OCH3 is 1. The van der Waals surface area contributed by atoms with E-state index >= 15 is 0 Å². The Bertz CT molecular complexity index is 569. The minimum absolute atomic E-state index is 0.213. The molecule has 0 aliphatic carbocycles. The standard InChI is InChI=1S/C16H22N4O/c1-12-9-17-16(18-10-12)19-11-15(20(2)3)13-6-5-7-14(8-13)21-4/h5-10,15H,11H2,1-4H3,(H,17,18,19). The van der Waals surface area contributed by atoms with Gasteiger partial charge in [-0.15, -0.1) is 0 Å². The second kappa shape index (κ2) is 7.04. The molecule has 1 aromatic carbocycles. The summed E-state index contributed by atoms with van der Waals surface area (Å²) in [5.74, 6) is 1.52. The second-order valence-corrected chi connectivity index (χ2v) is 5.22. The van der Waals surface area contributed by atoms with Crippen LogP contribution >= 0.6 is 0 Å². The van der Waals surface area contributed by atoms with Crippen LogP contribution in [0.3, 0.4) is 0 Å². The van der Waals surface area contributed by atoms with Crippen LogP contribution < -0.4 is 10.1 Å². The number of aryl methyl sites for hydroxylation is 1. The van der Waals surface area contributed by atoms with Crippen molar-refractivity contribution < 1.29 is 4.74 Å². The molecule has 5 heteroatoms. The van der Waals surface area contributed by atoms with Crippen molar-refractivity contribution in [2.24, 2.45) is 0 Å². The van der Waals surface area contributed by atoms with E-state index in [-0.39, 0.29) is 6.04 Å². The lowest BCUT2D eigenvalue weighted by Gasteiger charge is -2.25. The molecule has 0 amide bonds. The summed E-state index contributed by atoms with van der Waals surface area (Å²) < 4.78 is 5.30. The molecule has 0 spiro atoms. The van der Waals surface area contributed by atoms with Crippen molar-refractivity contribution in [3.8, 4) is 5.75 Å². The molecule has 1 N–H and O–H groups in total. The van der Waals surface area contributed by atoms with Crippen LogP contribution in [0.4, 0.5) is 5.95 Å². The van der Waals surface area contributed by atoms with Crippen molar-refractivity contribution in [1.29, 1.82) is 0 Å². The van der Waals surface area contributed by atoms with Crippen molar-refractivity contribution in [2.45, 2.75) is 13.0 Å². The molecule has 0 aliphatic rings. The topological polar surface area (TPSA) is 50.3 Å². The van der Waals surface area contributed by atoms with E-state index in [1.54, 1.807) is 7.11 Å². The van der Waals surface area contributed by atoms with Crippen LogP contribution in [-0.4, -0.2) is 42.6 Å². The van der Waals surface area contributed by atoms with Crippen molar-refractivity contribution in [1.82, 2.24) is 14.9 Å². The zero-order chi connectivity index (χ0) is 15.2. The predicted octanol–water partition coefficient (Wildman–Crippen LogP) is 2.51. The van der Waals surface area contributed by atoms with E-state index < -0.39 is 0 Å². The maximum absolute atomic E-state index is 5.30. The Balaban J connectivity index is 2.10. The summed E-state index contributed by atoms with van der Waals surface area (Å²) in [6.45, 7) is 2.70. The Morgan fingerprint density at radius 1 is 1.24 bits per heavy atom. The number of likely N-dealkylation sites (N-methyl/N-ethyl adjacent to an activating group) is 1. The summed E-state index contributed by atoms with van der Waals surface area (Å²) in [5, 5.41) is 3.28. The summed E-state index contributed by atoms with van der Waals surface area (Å²) >= 11 is 0. The molecule has 1 atom stereocenters. The van der Waals surface area contributed by atoms with Gasteiger partial charge in [-0.3, -0.25) is 0 Å². The lowest BCUT2D eigenvalue weighted by Crippen LogP contribution is -2.27. The molecule has 1 aromatic heterocycles. The third-order valence-corrected chi connectivity index (χ3v) is 3.34. The second-order valence-electron chi connectivity index (χ2n) is 5.22. The number of benzene rings is 1. The number of rotatable bonds is 6. The van der Waals surface area contributed by atoms with E-state index in [1.807, 2.05) is 31.5 Å². The molecule has 2 aromatic rings. The van der Waals surface area contributed by atoms with Crippen molar-refractivity contribution in [2.75, 3.05) is 33.1 Å². The van der Waals surface area contributed by atoms with Gasteiger partial charge < -0.3 is 15.0 Å². The van der Waals surface area contributed by atoms with Crippen LogP contribution in [-0.2, 0) is 0 Å².